The Morgan fingerprint density at radius 3 is 2.72 bits per heavy atom. The zero-order valence-electron chi connectivity index (χ0n) is 11.0. The topological polar surface area (TPSA) is 47.3 Å². The zero-order chi connectivity index (χ0) is 12.6. The van der Waals surface area contributed by atoms with E-state index in [9.17, 15) is 0 Å². The number of rotatable bonds is 4. The predicted molar refractivity (Wildman–Crippen MR) is 72.6 cm³/mol. The number of fused-ring (bicyclic) bond motifs is 1. The summed E-state index contributed by atoms with van der Waals surface area (Å²) in [5.41, 5.74) is 10.5. The van der Waals surface area contributed by atoms with Gasteiger partial charge in [-0.2, -0.15) is 0 Å². The van der Waals surface area contributed by atoms with Gasteiger partial charge in [0, 0.05) is 18.0 Å². The number of hydrogen-bond acceptors (Lipinski definition) is 3. The van der Waals surface area contributed by atoms with Crippen molar-refractivity contribution in [1.29, 1.82) is 0 Å². The van der Waals surface area contributed by atoms with Gasteiger partial charge in [0.15, 0.2) is 0 Å². The molecule has 1 fully saturated rings. The van der Waals surface area contributed by atoms with E-state index in [1.807, 2.05) is 7.05 Å². The van der Waals surface area contributed by atoms with E-state index in [0.29, 0.717) is 12.6 Å². The van der Waals surface area contributed by atoms with Gasteiger partial charge in [0.25, 0.3) is 0 Å². The first-order valence-electron chi connectivity index (χ1n) is 6.86. The van der Waals surface area contributed by atoms with Crippen molar-refractivity contribution in [1.82, 2.24) is 5.32 Å². The smallest absolute Gasteiger partial charge is 0.0575 e. The summed E-state index contributed by atoms with van der Waals surface area (Å²) >= 11 is 0. The molecule has 1 heterocycles. The third-order valence-corrected chi connectivity index (χ3v) is 4.54. The molecule has 0 bridgehead atoms. The quantitative estimate of drug-likeness (QED) is 0.844. The molecule has 2 aliphatic rings. The van der Waals surface area contributed by atoms with Crippen LogP contribution in [0.3, 0.4) is 0 Å². The molecule has 18 heavy (non-hydrogen) atoms. The van der Waals surface area contributed by atoms with Gasteiger partial charge in [-0.25, -0.2) is 0 Å². The Morgan fingerprint density at radius 1 is 1.33 bits per heavy atom. The van der Waals surface area contributed by atoms with Crippen LogP contribution in [0.2, 0.25) is 0 Å². The summed E-state index contributed by atoms with van der Waals surface area (Å²) in [6.45, 7) is 2.22. The first-order valence-corrected chi connectivity index (χ1v) is 6.86. The van der Waals surface area contributed by atoms with E-state index in [4.69, 9.17) is 10.5 Å². The van der Waals surface area contributed by atoms with Gasteiger partial charge in [-0.15, -0.1) is 0 Å². The molecule has 1 aromatic carbocycles. The molecule has 0 spiro atoms. The van der Waals surface area contributed by atoms with E-state index in [0.717, 1.165) is 13.2 Å². The molecule has 1 atom stereocenters. The molecule has 1 unspecified atom stereocenters. The molecular formula is C15H22N2O. The average molecular weight is 246 g/mol. The van der Waals surface area contributed by atoms with Crippen LogP contribution < -0.4 is 11.1 Å². The average Bonchev–Trinajstić information content (AvgIpc) is 2.80. The third-order valence-electron chi connectivity index (χ3n) is 4.54. The van der Waals surface area contributed by atoms with Gasteiger partial charge in [-0.05, 0) is 43.0 Å². The lowest BCUT2D eigenvalue weighted by Crippen LogP contribution is -2.55. The van der Waals surface area contributed by atoms with Crippen molar-refractivity contribution < 1.29 is 4.74 Å². The molecule has 1 aliphatic heterocycles. The summed E-state index contributed by atoms with van der Waals surface area (Å²) in [6.07, 6.45) is 3.77. The number of nitrogens with two attached hydrogens (primary N) is 1. The molecule has 3 rings (SSSR count). The maximum absolute atomic E-state index is 5.98. The van der Waals surface area contributed by atoms with Crippen LogP contribution >= 0.6 is 0 Å². The molecule has 3 heteroatoms. The summed E-state index contributed by atoms with van der Waals surface area (Å²) in [5, 5.41) is 3.44. The summed E-state index contributed by atoms with van der Waals surface area (Å²) in [7, 11) is 2.02. The third kappa shape index (κ3) is 1.78. The molecule has 3 N–H and O–H groups in total. The van der Waals surface area contributed by atoms with Gasteiger partial charge in [0.2, 0.25) is 0 Å². The van der Waals surface area contributed by atoms with Crippen LogP contribution in [0.5, 0.6) is 0 Å². The van der Waals surface area contributed by atoms with Crippen LogP contribution in [-0.2, 0) is 17.6 Å². The van der Waals surface area contributed by atoms with Gasteiger partial charge in [0.1, 0.15) is 0 Å². The fourth-order valence-corrected chi connectivity index (χ4v) is 3.36. The van der Waals surface area contributed by atoms with Crippen molar-refractivity contribution in [3.63, 3.8) is 0 Å². The van der Waals surface area contributed by atoms with Crippen LogP contribution in [0.15, 0.2) is 18.2 Å². The minimum Gasteiger partial charge on any atom is -0.380 e. The Bertz CT molecular complexity index is 435. The van der Waals surface area contributed by atoms with Crippen molar-refractivity contribution in [2.24, 2.45) is 11.1 Å². The van der Waals surface area contributed by atoms with E-state index < -0.39 is 0 Å². The van der Waals surface area contributed by atoms with Crippen molar-refractivity contribution in [3.05, 3.63) is 34.9 Å². The Balaban J connectivity index is 1.92. The summed E-state index contributed by atoms with van der Waals surface area (Å²) in [4.78, 5) is 0. The van der Waals surface area contributed by atoms with E-state index in [2.05, 4.69) is 23.5 Å². The first kappa shape index (κ1) is 12.2. The molecule has 1 aromatic rings. The number of nitrogens with one attached hydrogen (secondary N) is 1. The molecule has 3 nitrogen and oxygen atoms in total. The van der Waals surface area contributed by atoms with Crippen molar-refractivity contribution in [2.75, 3.05) is 26.8 Å². The summed E-state index contributed by atoms with van der Waals surface area (Å²) in [5.74, 6) is 0. The predicted octanol–water partition coefficient (Wildman–Crippen LogP) is 1.41. The minimum absolute atomic E-state index is 0.0849. The fraction of sp³-hybridized carbons (Fsp3) is 0.600. The molecule has 1 aliphatic carbocycles. The highest BCUT2D eigenvalue weighted by Gasteiger charge is 2.44. The normalized spacial score (nSPS) is 22.3. The molecular weight excluding hydrogens is 224 g/mol. The Kier molecular flexibility index (Phi) is 3.14. The number of ether oxygens (including phenoxy) is 1. The molecule has 98 valence electrons. The van der Waals surface area contributed by atoms with Gasteiger partial charge in [-0.1, -0.05) is 18.2 Å². The number of hydrogen-bond donors (Lipinski definition) is 2. The Morgan fingerprint density at radius 2 is 2.11 bits per heavy atom. The van der Waals surface area contributed by atoms with Crippen LogP contribution in [0.25, 0.3) is 0 Å². The van der Waals surface area contributed by atoms with Gasteiger partial charge in [0.05, 0.1) is 13.2 Å². The summed E-state index contributed by atoms with van der Waals surface area (Å²) in [6, 6.07) is 7.24. The fourth-order valence-electron chi connectivity index (χ4n) is 3.36. The maximum atomic E-state index is 5.98. The van der Waals surface area contributed by atoms with E-state index in [-0.39, 0.29) is 5.41 Å². The van der Waals surface area contributed by atoms with Crippen molar-refractivity contribution >= 4 is 0 Å². The highest BCUT2D eigenvalue weighted by Crippen LogP contribution is 2.40. The molecule has 0 amide bonds. The standard InChI is InChI=1S/C15H22N2O/c1-17-14(15(8-16)9-18-10-15)13-6-5-11-3-2-4-12(11)7-13/h5-7,14,17H,2-4,8-10,16H2,1H3. The van der Waals surface area contributed by atoms with Gasteiger partial charge in [-0.3, -0.25) is 0 Å². The monoisotopic (exact) mass is 246 g/mol. The van der Waals surface area contributed by atoms with Crippen LogP contribution in [-0.4, -0.2) is 26.8 Å². The lowest BCUT2D eigenvalue weighted by Gasteiger charge is -2.46. The minimum atomic E-state index is 0.0849. The lowest BCUT2D eigenvalue weighted by molar-refractivity contribution is -0.126. The van der Waals surface area contributed by atoms with Gasteiger partial charge >= 0.3 is 0 Å². The second-order valence-electron chi connectivity index (χ2n) is 5.66. The Labute approximate surface area is 109 Å². The first-order chi connectivity index (χ1) is 8.79. The molecule has 1 saturated heterocycles. The van der Waals surface area contributed by atoms with Crippen molar-refractivity contribution in [3.8, 4) is 0 Å². The highest BCUT2D eigenvalue weighted by molar-refractivity contribution is 5.37. The second kappa shape index (κ2) is 4.65. The maximum Gasteiger partial charge on any atom is 0.0575 e. The largest absolute Gasteiger partial charge is 0.380 e. The number of benzene rings is 1. The molecule has 0 radical (unpaired) electrons. The lowest BCUT2D eigenvalue weighted by atomic mass is 9.75. The SMILES string of the molecule is CNC(c1ccc2c(c1)CCC2)C1(CN)COC1. The molecule has 0 saturated carbocycles. The van der Waals surface area contributed by atoms with Crippen LogP contribution in [0.1, 0.15) is 29.2 Å². The van der Waals surface area contributed by atoms with Crippen LogP contribution in [0, 0.1) is 5.41 Å². The molecule has 0 aromatic heterocycles. The number of aryl methyl sites for hydroxylation is 2. The van der Waals surface area contributed by atoms with Gasteiger partial charge < -0.3 is 15.8 Å². The van der Waals surface area contributed by atoms with E-state index >= 15 is 0 Å². The zero-order valence-corrected chi connectivity index (χ0v) is 11.0. The summed E-state index contributed by atoms with van der Waals surface area (Å²) < 4.78 is 5.41. The van der Waals surface area contributed by atoms with Crippen LogP contribution in [0.4, 0.5) is 0 Å². The van der Waals surface area contributed by atoms with Crippen molar-refractivity contribution in [2.45, 2.75) is 25.3 Å². The van der Waals surface area contributed by atoms with E-state index in [1.54, 1.807) is 0 Å². The van der Waals surface area contributed by atoms with E-state index in [1.165, 1.54) is 36.0 Å². The Hall–Kier alpha value is -0.900. The highest BCUT2D eigenvalue weighted by atomic mass is 16.5. The second-order valence-corrected chi connectivity index (χ2v) is 5.66.